The number of anilines is 2. The fraction of sp³-hybridized carbons (Fsp3) is 0.316. The Morgan fingerprint density at radius 3 is 2.73 bits per heavy atom. The molecule has 30 heavy (non-hydrogen) atoms. The van der Waals surface area contributed by atoms with Gasteiger partial charge in [0.25, 0.3) is 0 Å². The predicted molar refractivity (Wildman–Crippen MR) is 109 cm³/mol. The van der Waals surface area contributed by atoms with Crippen LogP contribution in [0.2, 0.25) is 0 Å². The number of hydrogen-bond acceptors (Lipinski definition) is 5. The number of benzene rings is 1. The highest BCUT2D eigenvalue weighted by Gasteiger charge is 2.30. The van der Waals surface area contributed by atoms with E-state index in [2.05, 4.69) is 25.0 Å². The lowest BCUT2D eigenvalue weighted by Gasteiger charge is -2.11. The van der Waals surface area contributed by atoms with Crippen LogP contribution in [0.25, 0.3) is 22.3 Å². The second-order valence-corrected chi connectivity index (χ2v) is 8.90. The molecule has 2 heterocycles. The van der Waals surface area contributed by atoms with Gasteiger partial charge in [0.05, 0.1) is 23.8 Å². The number of halogens is 2. The highest BCUT2D eigenvalue weighted by molar-refractivity contribution is 7.92. The van der Waals surface area contributed by atoms with Crippen LogP contribution in [0.3, 0.4) is 0 Å². The van der Waals surface area contributed by atoms with Gasteiger partial charge >= 0.3 is 0 Å². The number of hydrogen-bond donors (Lipinski definition) is 3. The molecule has 158 valence electrons. The number of H-pyrrole nitrogens is 1. The molecule has 1 saturated carbocycles. The second-order valence-electron chi connectivity index (χ2n) is 7.06. The van der Waals surface area contributed by atoms with E-state index in [1.54, 1.807) is 12.3 Å². The van der Waals surface area contributed by atoms with E-state index in [0.29, 0.717) is 22.3 Å². The Bertz CT molecular complexity index is 1210. The molecule has 11 heteroatoms. The van der Waals surface area contributed by atoms with Crippen LogP contribution < -0.4 is 10.0 Å². The van der Waals surface area contributed by atoms with E-state index < -0.39 is 28.3 Å². The van der Waals surface area contributed by atoms with Crippen LogP contribution in [0, 0.1) is 11.7 Å². The monoisotopic (exact) mass is 435 g/mol. The Morgan fingerprint density at radius 1 is 1.23 bits per heavy atom. The SMILES string of the molecule is O=C(Nc1nc(-c2ccc(NS(=O)(=O)CCCF)c(F)c2)c2cc[nH]c2n1)C1CC1. The van der Waals surface area contributed by atoms with Gasteiger partial charge in [-0.1, -0.05) is 6.07 Å². The van der Waals surface area contributed by atoms with E-state index in [4.69, 9.17) is 0 Å². The molecule has 3 N–H and O–H groups in total. The molecule has 1 amide bonds. The highest BCUT2D eigenvalue weighted by atomic mass is 32.2. The van der Waals surface area contributed by atoms with Crippen molar-refractivity contribution in [3.63, 3.8) is 0 Å². The Hall–Kier alpha value is -3.08. The first-order chi connectivity index (χ1) is 14.4. The lowest BCUT2D eigenvalue weighted by molar-refractivity contribution is -0.117. The lowest BCUT2D eigenvalue weighted by Crippen LogP contribution is -2.18. The Labute approximate surface area is 171 Å². The van der Waals surface area contributed by atoms with Crippen LogP contribution in [0.1, 0.15) is 19.3 Å². The number of aromatic amines is 1. The standard InChI is InChI=1S/C19H19F2N5O3S/c20-7-1-9-30(28,29)26-15-5-4-12(10-14(15)21)16-13-6-8-22-17(13)24-19(23-16)25-18(27)11-2-3-11/h4-6,8,10-11,26H,1-3,7,9H2,(H2,22,23,24,25,27). The summed E-state index contributed by atoms with van der Waals surface area (Å²) in [7, 11) is -3.85. The predicted octanol–water partition coefficient (Wildman–Crippen LogP) is 3.21. The van der Waals surface area contributed by atoms with Crippen molar-refractivity contribution < 1.29 is 22.0 Å². The molecule has 0 spiro atoms. The van der Waals surface area contributed by atoms with Gasteiger partial charge in [-0.25, -0.2) is 17.8 Å². The Morgan fingerprint density at radius 2 is 2.03 bits per heavy atom. The molecule has 0 unspecified atom stereocenters. The number of aromatic nitrogens is 3. The maximum Gasteiger partial charge on any atom is 0.232 e. The zero-order valence-electron chi connectivity index (χ0n) is 15.8. The van der Waals surface area contributed by atoms with E-state index in [-0.39, 0.29) is 29.9 Å². The van der Waals surface area contributed by atoms with E-state index in [9.17, 15) is 22.0 Å². The maximum atomic E-state index is 14.6. The summed E-state index contributed by atoms with van der Waals surface area (Å²) in [6.45, 7) is -0.775. The van der Waals surface area contributed by atoms with Crippen molar-refractivity contribution in [2.24, 2.45) is 5.92 Å². The maximum absolute atomic E-state index is 14.6. The van der Waals surface area contributed by atoms with Crippen LogP contribution in [-0.4, -0.2) is 41.7 Å². The molecule has 0 atom stereocenters. The zero-order chi connectivity index (χ0) is 21.3. The third kappa shape index (κ3) is 4.40. The van der Waals surface area contributed by atoms with Crippen LogP contribution in [0.15, 0.2) is 30.5 Å². The minimum absolute atomic E-state index is 0.0291. The van der Waals surface area contributed by atoms with Gasteiger partial charge in [-0.2, -0.15) is 4.98 Å². The van der Waals surface area contributed by atoms with Gasteiger partial charge < -0.3 is 4.98 Å². The van der Waals surface area contributed by atoms with Crippen LogP contribution in [0.5, 0.6) is 0 Å². The molecular formula is C19H19F2N5O3S. The number of rotatable bonds is 8. The average molecular weight is 435 g/mol. The summed E-state index contributed by atoms with van der Waals surface area (Å²) in [5.41, 5.74) is 1.01. The molecule has 0 radical (unpaired) electrons. The molecule has 8 nitrogen and oxygen atoms in total. The summed E-state index contributed by atoms with van der Waals surface area (Å²) in [5, 5.41) is 3.30. The van der Waals surface area contributed by atoms with Gasteiger partial charge in [-0.3, -0.25) is 19.2 Å². The van der Waals surface area contributed by atoms with Crippen LogP contribution in [-0.2, 0) is 14.8 Å². The first-order valence-electron chi connectivity index (χ1n) is 9.38. The second kappa shape index (κ2) is 7.98. The summed E-state index contributed by atoms with van der Waals surface area (Å²) < 4.78 is 52.8. The number of alkyl halides is 1. The van der Waals surface area contributed by atoms with Crippen molar-refractivity contribution in [2.75, 3.05) is 22.5 Å². The van der Waals surface area contributed by atoms with Gasteiger partial charge in [0.1, 0.15) is 11.5 Å². The van der Waals surface area contributed by atoms with Gasteiger partial charge in [-0.15, -0.1) is 0 Å². The van der Waals surface area contributed by atoms with E-state index in [1.807, 2.05) is 0 Å². The number of sulfonamides is 1. The number of carbonyl (C=O) groups excluding carboxylic acids is 1. The van der Waals surface area contributed by atoms with E-state index >= 15 is 0 Å². The van der Waals surface area contributed by atoms with Gasteiger partial charge in [0, 0.05) is 23.1 Å². The van der Waals surface area contributed by atoms with Crippen molar-refractivity contribution in [1.29, 1.82) is 0 Å². The van der Waals surface area contributed by atoms with Crippen molar-refractivity contribution >= 4 is 38.6 Å². The third-order valence-corrected chi connectivity index (χ3v) is 6.01. The summed E-state index contributed by atoms with van der Waals surface area (Å²) in [4.78, 5) is 23.6. The van der Waals surface area contributed by atoms with Crippen molar-refractivity contribution in [1.82, 2.24) is 15.0 Å². The molecule has 2 aromatic heterocycles. The van der Waals surface area contributed by atoms with Crippen LogP contribution >= 0.6 is 0 Å². The summed E-state index contributed by atoms with van der Waals surface area (Å²) in [6, 6.07) is 5.66. The van der Waals surface area contributed by atoms with E-state index in [0.717, 1.165) is 18.9 Å². The molecule has 1 aromatic carbocycles. The zero-order valence-corrected chi connectivity index (χ0v) is 16.6. The Balaban J connectivity index is 1.65. The number of nitrogens with zero attached hydrogens (tertiary/aromatic N) is 2. The molecular weight excluding hydrogens is 416 g/mol. The normalized spacial score (nSPS) is 14.1. The fourth-order valence-corrected chi connectivity index (χ4v) is 4.08. The fourth-order valence-electron chi connectivity index (χ4n) is 2.98. The van der Waals surface area contributed by atoms with Crippen LogP contribution in [0.4, 0.5) is 20.4 Å². The van der Waals surface area contributed by atoms with Gasteiger partial charge in [0.15, 0.2) is 0 Å². The minimum atomic E-state index is -3.85. The minimum Gasteiger partial charge on any atom is -0.346 e. The summed E-state index contributed by atoms with van der Waals surface area (Å²) in [6.07, 6.45) is 3.14. The molecule has 0 saturated heterocycles. The average Bonchev–Trinajstić information content (AvgIpc) is 3.45. The highest BCUT2D eigenvalue weighted by Crippen LogP contribution is 2.32. The number of carbonyl (C=O) groups is 1. The number of amides is 1. The van der Waals surface area contributed by atoms with Crippen molar-refractivity contribution in [2.45, 2.75) is 19.3 Å². The largest absolute Gasteiger partial charge is 0.346 e. The molecule has 0 aliphatic heterocycles. The first-order valence-corrected chi connectivity index (χ1v) is 11.0. The summed E-state index contributed by atoms with van der Waals surface area (Å²) >= 11 is 0. The topological polar surface area (TPSA) is 117 Å². The first kappa shape index (κ1) is 20.2. The van der Waals surface area contributed by atoms with Crippen molar-refractivity contribution in [3.05, 3.63) is 36.3 Å². The molecule has 0 bridgehead atoms. The number of fused-ring (bicyclic) bond motifs is 1. The molecule has 1 aliphatic carbocycles. The smallest absolute Gasteiger partial charge is 0.232 e. The lowest BCUT2D eigenvalue weighted by atomic mass is 10.1. The van der Waals surface area contributed by atoms with Gasteiger partial charge in [-0.05, 0) is 37.5 Å². The van der Waals surface area contributed by atoms with E-state index in [1.165, 1.54) is 12.1 Å². The number of nitrogens with one attached hydrogen (secondary N) is 3. The molecule has 4 rings (SSSR count). The van der Waals surface area contributed by atoms with Crippen molar-refractivity contribution in [3.8, 4) is 11.3 Å². The third-order valence-electron chi connectivity index (χ3n) is 4.65. The molecule has 1 fully saturated rings. The van der Waals surface area contributed by atoms with Gasteiger partial charge in [0.2, 0.25) is 21.9 Å². The summed E-state index contributed by atoms with van der Waals surface area (Å²) in [5.74, 6) is -1.32. The molecule has 3 aromatic rings. The Kier molecular flexibility index (Phi) is 5.37. The molecule has 1 aliphatic rings. The quantitative estimate of drug-likeness (QED) is 0.502.